The van der Waals surface area contributed by atoms with Gasteiger partial charge in [0.2, 0.25) is 23.2 Å². The lowest BCUT2D eigenvalue weighted by atomic mass is 10.1. The van der Waals surface area contributed by atoms with E-state index in [1.165, 1.54) is 0 Å². The Labute approximate surface area is 178 Å². The molecule has 1 amide bonds. The third-order valence-corrected chi connectivity index (χ3v) is 6.74. The topological polar surface area (TPSA) is 68.2 Å². The number of thioether (sulfide) groups is 1. The van der Waals surface area contributed by atoms with E-state index in [-0.39, 0.29) is 5.91 Å². The van der Waals surface area contributed by atoms with E-state index in [4.69, 9.17) is 4.74 Å². The summed E-state index contributed by atoms with van der Waals surface area (Å²) >= 11 is 3.13. The van der Waals surface area contributed by atoms with E-state index in [1.54, 1.807) is 28.0 Å². The molecule has 1 aliphatic heterocycles. The summed E-state index contributed by atoms with van der Waals surface area (Å²) < 4.78 is 6.41. The number of benzene rings is 1. The first-order valence-corrected chi connectivity index (χ1v) is 11.5. The van der Waals surface area contributed by atoms with Crippen LogP contribution in [0, 0.1) is 6.92 Å². The van der Waals surface area contributed by atoms with Crippen LogP contribution in [0.25, 0.3) is 11.3 Å². The molecule has 6 nitrogen and oxygen atoms in total. The molecule has 0 saturated heterocycles. The molecule has 2 aromatic heterocycles. The van der Waals surface area contributed by atoms with Crippen molar-refractivity contribution in [1.29, 1.82) is 0 Å². The third kappa shape index (κ3) is 3.74. The van der Waals surface area contributed by atoms with Crippen molar-refractivity contribution in [3.05, 3.63) is 46.2 Å². The maximum atomic E-state index is 13.0. The van der Waals surface area contributed by atoms with Crippen molar-refractivity contribution in [2.24, 2.45) is 0 Å². The minimum atomic E-state index is -0.592. The Balaban J connectivity index is 1.91. The molecule has 0 bridgehead atoms. The maximum absolute atomic E-state index is 13.0. The van der Waals surface area contributed by atoms with Gasteiger partial charge in [0.15, 0.2) is 5.69 Å². The number of aryl methyl sites for hydroxylation is 1. The first-order valence-electron chi connectivity index (χ1n) is 9.63. The molecule has 0 spiro atoms. The van der Waals surface area contributed by atoms with E-state index < -0.39 is 6.23 Å². The number of thiophene rings is 1. The molecule has 0 N–H and O–H groups in total. The van der Waals surface area contributed by atoms with E-state index in [0.717, 1.165) is 33.9 Å². The highest BCUT2D eigenvalue weighted by atomic mass is 32.2. The van der Waals surface area contributed by atoms with Gasteiger partial charge >= 0.3 is 0 Å². The molecule has 1 unspecified atom stereocenters. The van der Waals surface area contributed by atoms with Crippen LogP contribution >= 0.6 is 23.1 Å². The predicted molar refractivity (Wildman–Crippen MR) is 116 cm³/mol. The molecule has 1 aromatic carbocycles. The average molecular weight is 427 g/mol. The number of fused-ring (bicyclic) bond motifs is 3. The zero-order chi connectivity index (χ0) is 20.4. The number of rotatable bonds is 5. The number of anilines is 1. The lowest BCUT2D eigenvalue weighted by Crippen LogP contribution is -2.37. The van der Waals surface area contributed by atoms with Crippen LogP contribution in [0.1, 0.15) is 43.4 Å². The molecular formula is C21H22N4O2S2. The van der Waals surface area contributed by atoms with E-state index in [9.17, 15) is 4.79 Å². The Kier molecular flexibility index (Phi) is 5.82. The van der Waals surface area contributed by atoms with Crippen molar-refractivity contribution in [1.82, 2.24) is 15.2 Å². The lowest BCUT2D eigenvalue weighted by molar-refractivity contribution is -0.120. The first kappa shape index (κ1) is 19.8. The smallest absolute Gasteiger partial charge is 0.247 e. The van der Waals surface area contributed by atoms with Gasteiger partial charge in [-0.25, -0.2) is 0 Å². The van der Waals surface area contributed by atoms with Gasteiger partial charge in [0.25, 0.3) is 0 Å². The Bertz CT molecular complexity index is 1040. The van der Waals surface area contributed by atoms with E-state index in [2.05, 4.69) is 22.1 Å². The molecule has 150 valence electrons. The number of ether oxygens (including phenoxy) is 1. The number of carbonyl (C=O) groups is 1. The summed E-state index contributed by atoms with van der Waals surface area (Å²) in [7, 11) is 0. The van der Waals surface area contributed by atoms with Gasteiger partial charge < -0.3 is 4.74 Å². The third-order valence-electron chi connectivity index (χ3n) is 4.64. The molecule has 0 aliphatic carbocycles. The highest BCUT2D eigenvalue weighted by Crippen LogP contribution is 2.44. The second-order valence-electron chi connectivity index (χ2n) is 6.67. The van der Waals surface area contributed by atoms with Crippen LogP contribution in [-0.2, 0) is 4.79 Å². The van der Waals surface area contributed by atoms with Gasteiger partial charge in [-0.3, -0.25) is 9.69 Å². The van der Waals surface area contributed by atoms with Crippen molar-refractivity contribution in [2.75, 3.05) is 10.7 Å². The molecular weight excluding hydrogens is 404 g/mol. The molecule has 4 rings (SSSR count). The van der Waals surface area contributed by atoms with Crippen molar-refractivity contribution in [3.63, 3.8) is 0 Å². The Morgan fingerprint density at radius 3 is 2.79 bits per heavy atom. The molecule has 1 aliphatic rings. The summed E-state index contributed by atoms with van der Waals surface area (Å²) in [5.74, 6) is 1.30. The second kappa shape index (κ2) is 8.51. The quantitative estimate of drug-likeness (QED) is 0.520. The SMILES string of the molecule is CCCSc1nnc2c(n1)OC(c1sccc1C)N(C(=O)CC)c1ccccc1-2. The van der Waals surface area contributed by atoms with Crippen molar-refractivity contribution in [3.8, 4) is 17.1 Å². The number of carbonyl (C=O) groups excluding carboxylic acids is 1. The highest BCUT2D eigenvalue weighted by Gasteiger charge is 2.36. The van der Waals surface area contributed by atoms with Crippen LogP contribution in [0.2, 0.25) is 0 Å². The maximum Gasteiger partial charge on any atom is 0.247 e. The summed E-state index contributed by atoms with van der Waals surface area (Å²) in [5, 5.41) is 11.3. The monoisotopic (exact) mass is 426 g/mol. The van der Waals surface area contributed by atoms with E-state index >= 15 is 0 Å². The van der Waals surface area contributed by atoms with Crippen LogP contribution < -0.4 is 9.64 Å². The molecule has 0 fully saturated rings. The zero-order valence-electron chi connectivity index (χ0n) is 16.6. The van der Waals surface area contributed by atoms with Gasteiger partial charge in [0.05, 0.1) is 10.6 Å². The standard InChI is InChI=1S/C21H22N4O2S2/c1-4-11-29-21-22-19-17(23-24-21)14-8-6-7-9-15(14)25(16(26)5-2)20(27-19)18-13(3)10-12-28-18/h6-10,12,20H,4-5,11H2,1-3H3. The average Bonchev–Trinajstić information content (AvgIpc) is 3.11. The number of hydrogen-bond donors (Lipinski definition) is 0. The van der Waals surface area contributed by atoms with Crippen LogP contribution in [0.15, 0.2) is 40.9 Å². The fourth-order valence-corrected chi connectivity index (χ4v) is 4.79. The van der Waals surface area contributed by atoms with Crippen LogP contribution in [0.3, 0.4) is 0 Å². The summed E-state index contributed by atoms with van der Waals surface area (Å²) in [5.41, 5.74) is 3.21. The number of aromatic nitrogens is 3. The highest BCUT2D eigenvalue weighted by molar-refractivity contribution is 7.99. The summed E-state index contributed by atoms with van der Waals surface area (Å²) in [4.78, 5) is 20.4. The molecule has 8 heteroatoms. The summed E-state index contributed by atoms with van der Waals surface area (Å²) in [6.07, 6.45) is 0.793. The minimum absolute atomic E-state index is 0.0170. The van der Waals surface area contributed by atoms with Gasteiger partial charge in [-0.15, -0.1) is 21.5 Å². The van der Waals surface area contributed by atoms with Gasteiger partial charge in [-0.2, -0.15) is 4.98 Å². The fourth-order valence-electron chi connectivity index (χ4n) is 3.22. The number of hydrogen-bond acceptors (Lipinski definition) is 7. The Morgan fingerprint density at radius 1 is 1.24 bits per heavy atom. The normalized spacial score (nSPS) is 15.3. The molecule has 3 heterocycles. The molecule has 0 radical (unpaired) electrons. The minimum Gasteiger partial charge on any atom is -0.446 e. The summed E-state index contributed by atoms with van der Waals surface area (Å²) in [6, 6.07) is 9.75. The molecule has 3 aromatic rings. The van der Waals surface area contributed by atoms with Crippen LogP contribution in [-0.4, -0.2) is 26.8 Å². The van der Waals surface area contributed by atoms with Gasteiger partial charge in [0, 0.05) is 17.7 Å². The zero-order valence-corrected chi connectivity index (χ0v) is 18.2. The number of amides is 1. The van der Waals surface area contributed by atoms with Crippen LogP contribution in [0.5, 0.6) is 5.88 Å². The van der Waals surface area contributed by atoms with Gasteiger partial charge in [-0.05, 0) is 36.4 Å². The molecule has 29 heavy (non-hydrogen) atoms. The Morgan fingerprint density at radius 2 is 2.07 bits per heavy atom. The summed E-state index contributed by atoms with van der Waals surface area (Å²) in [6.45, 7) is 6.00. The Hall–Kier alpha value is -2.45. The van der Waals surface area contributed by atoms with Gasteiger partial charge in [-0.1, -0.05) is 43.8 Å². The second-order valence-corrected chi connectivity index (χ2v) is 8.68. The van der Waals surface area contributed by atoms with E-state index in [0.29, 0.717) is 23.2 Å². The molecule has 1 atom stereocenters. The van der Waals surface area contributed by atoms with E-state index in [1.807, 2.05) is 49.6 Å². The first-order chi connectivity index (χ1) is 14.1. The lowest BCUT2D eigenvalue weighted by Gasteiger charge is -2.30. The predicted octanol–water partition coefficient (Wildman–Crippen LogP) is 5.24. The van der Waals surface area contributed by atoms with Crippen molar-refractivity contribution < 1.29 is 9.53 Å². The largest absolute Gasteiger partial charge is 0.446 e. The van der Waals surface area contributed by atoms with Crippen LogP contribution in [0.4, 0.5) is 5.69 Å². The number of para-hydroxylation sites is 1. The van der Waals surface area contributed by atoms with Gasteiger partial charge in [0.1, 0.15) is 0 Å². The fraction of sp³-hybridized carbons (Fsp3) is 0.333. The van der Waals surface area contributed by atoms with Crippen molar-refractivity contribution >= 4 is 34.7 Å². The molecule has 0 saturated carbocycles. The van der Waals surface area contributed by atoms with Crippen molar-refractivity contribution in [2.45, 2.75) is 45.0 Å². The number of nitrogens with zero attached hydrogens (tertiary/aromatic N) is 4.